The molecule has 0 bridgehead atoms. The predicted molar refractivity (Wildman–Crippen MR) is 108 cm³/mol. The third-order valence-corrected chi connectivity index (χ3v) is 5.27. The minimum atomic E-state index is -0.722. The van der Waals surface area contributed by atoms with Gasteiger partial charge in [0.2, 0.25) is 0 Å². The molecular formula is C22H26ClNO3. The number of carboxylic acid groups (broad SMARTS) is 1. The fourth-order valence-corrected chi connectivity index (χ4v) is 3.67. The van der Waals surface area contributed by atoms with Crippen molar-refractivity contribution in [3.63, 3.8) is 0 Å². The smallest absolute Gasteiger partial charge is 0.303 e. The van der Waals surface area contributed by atoms with Crippen LogP contribution in [0.1, 0.15) is 36.8 Å². The van der Waals surface area contributed by atoms with E-state index < -0.39 is 5.97 Å². The van der Waals surface area contributed by atoms with Gasteiger partial charge in [0.15, 0.2) is 0 Å². The molecule has 0 amide bonds. The van der Waals surface area contributed by atoms with Crippen molar-refractivity contribution in [1.82, 2.24) is 4.90 Å². The molecular weight excluding hydrogens is 362 g/mol. The standard InChI is InChI=1S/C22H26ClNO3/c23-19-9-5-17(6-10-19)15-18-7-11-21(12-8-18)27-16-20-3-1-13-24(20)14-2-4-22(25)26/h5-12,20H,1-4,13-16H2,(H,25,26). The van der Waals surface area contributed by atoms with Gasteiger partial charge in [-0.15, -0.1) is 0 Å². The lowest BCUT2D eigenvalue weighted by atomic mass is 10.1. The van der Waals surface area contributed by atoms with Gasteiger partial charge in [-0.3, -0.25) is 9.69 Å². The van der Waals surface area contributed by atoms with Crippen LogP contribution in [0.2, 0.25) is 5.02 Å². The minimum absolute atomic E-state index is 0.235. The Morgan fingerprint density at radius 1 is 1.11 bits per heavy atom. The first-order valence-electron chi connectivity index (χ1n) is 9.52. The van der Waals surface area contributed by atoms with E-state index in [1.165, 1.54) is 11.1 Å². The van der Waals surface area contributed by atoms with Crippen LogP contribution in [0.25, 0.3) is 0 Å². The summed E-state index contributed by atoms with van der Waals surface area (Å²) in [6, 6.07) is 16.6. The first kappa shape index (κ1) is 19.7. The number of hydrogen-bond acceptors (Lipinski definition) is 3. The van der Waals surface area contributed by atoms with Crippen LogP contribution in [-0.2, 0) is 11.2 Å². The largest absolute Gasteiger partial charge is 0.492 e. The molecule has 1 unspecified atom stereocenters. The van der Waals surface area contributed by atoms with Gasteiger partial charge >= 0.3 is 5.97 Å². The minimum Gasteiger partial charge on any atom is -0.492 e. The Bertz CT molecular complexity index is 730. The van der Waals surface area contributed by atoms with Gasteiger partial charge in [-0.1, -0.05) is 35.9 Å². The molecule has 4 nitrogen and oxygen atoms in total. The zero-order valence-corrected chi connectivity index (χ0v) is 16.2. The second-order valence-corrected chi connectivity index (χ2v) is 7.52. The maximum Gasteiger partial charge on any atom is 0.303 e. The summed E-state index contributed by atoms with van der Waals surface area (Å²) in [6.45, 7) is 2.53. The van der Waals surface area contributed by atoms with Gasteiger partial charge in [0.1, 0.15) is 12.4 Å². The van der Waals surface area contributed by atoms with Crippen molar-refractivity contribution in [2.45, 2.75) is 38.1 Å². The maximum atomic E-state index is 10.7. The Morgan fingerprint density at radius 3 is 2.44 bits per heavy atom. The van der Waals surface area contributed by atoms with Crippen LogP contribution < -0.4 is 4.74 Å². The van der Waals surface area contributed by atoms with E-state index in [0.717, 1.165) is 43.1 Å². The monoisotopic (exact) mass is 387 g/mol. The average Bonchev–Trinajstić information content (AvgIpc) is 3.10. The molecule has 144 valence electrons. The third kappa shape index (κ3) is 6.26. The van der Waals surface area contributed by atoms with E-state index in [9.17, 15) is 4.79 Å². The normalized spacial score (nSPS) is 17.1. The first-order valence-corrected chi connectivity index (χ1v) is 9.90. The fourth-order valence-electron chi connectivity index (χ4n) is 3.55. The molecule has 0 radical (unpaired) electrons. The highest BCUT2D eigenvalue weighted by molar-refractivity contribution is 6.30. The molecule has 1 aliphatic rings. The molecule has 0 aliphatic carbocycles. The van der Waals surface area contributed by atoms with E-state index in [1.54, 1.807) is 0 Å². The van der Waals surface area contributed by atoms with Gasteiger partial charge in [0, 0.05) is 17.5 Å². The Kier molecular flexibility index (Phi) is 7.13. The molecule has 1 aliphatic heterocycles. The van der Waals surface area contributed by atoms with E-state index >= 15 is 0 Å². The zero-order valence-electron chi connectivity index (χ0n) is 15.4. The van der Waals surface area contributed by atoms with Gasteiger partial charge in [-0.2, -0.15) is 0 Å². The molecule has 1 heterocycles. The molecule has 0 spiro atoms. The number of halogens is 1. The van der Waals surface area contributed by atoms with Crippen molar-refractivity contribution in [2.75, 3.05) is 19.7 Å². The predicted octanol–water partition coefficient (Wildman–Crippen LogP) is 4.64. The van der Waals surface area contributed by atoms with Crippen LogP contribution in [0.4, 0.5) is 0 Å². The molecule has 1 saturated heterocycles. The van der Waals surface area contributed by atoms with Crippen LogP contribution in [0.3, 0.4) is 0 Å². The molecule has 5 heteroatoms. The number of likely N-dealkylation sites (tertiary alicyclic amines) is 1. The van der Waals surface area contributed by atoms with Gasteiger partial charge in [0.25, 0.3) is 0 Å². The van der Waals surface area contributed by atoms with E-state index in [1.807, 2.05) is 36.4 Å². The van der Waals surface area contributed by atoms with Gasteiger partial charge < -0.3 is 9.84 Å². The van der Waals surface area contributed by atoms with Crippen molar-refractivity contribution >= 4 is 17.6 Å². The van der Waals surface area contributed by atoms with E-state index in [4.69, 9.17) is 21.4 Å². The lowest BCUT2D eigenvalue weighted by Crippen LogP contribution is -2.35. The first-order chi connectivity index (χ1) is 13.1. The number of carbonyl (C=O) groups is 1. The highest BCUT2D eigenvalue weighted by Crippen LogP contribution is 2.21. The quantitative estimate of drug-likeness (QED) is 0.681. The molecule has 0 aromatic heterocycles. The summed E-state index contributed by atoms with van der Waals surface area (Å²) in [4.78, 5) is 13.0. The molecule has 1 fully saturated rings. The third-order valence-electron chi connectivity index (χ3n) is 5.02. The van der Waals surface area contributed by atoms with E-state index in [2.05, 4.69) is 17.0 Å². The summed E-state index contributed by atoms with van der Waals surface area (Å²) < 4.78 is 5.99. The highest BCUT2D eigenvalue weighted by atomic mass is 35.5. The Labute approximate surface area is 165 Å². The number of hydrogen-bond donors (Lipinski definition) is 1. The Hall–Kier alpha value is -2.04. The van der Waals surface area contributed by atoms with Gasteiger partial charge in [-0.25, -0.2) is 0 Å². The van der Waals surface area contributed by atoms with Crippen LogP contribution >= 0.6 is 11.6 Å². The molecule has 3 rings (SSSR count). The van der Waals surface area contributed by atoms with Gasteiger partial charge in [-0.05, 0) is 74.2 Å². The van der Waals surface area contributed by atoms with E-state index in [-0.39, 0.29) is 6.42 Å². The summed E-state index contributed by atoms with van der Waals surface area (Å²) in [5, 5.41) is 9.54. The number of rotatable bonds is 9. The maximum absolute atomic E-state index is 10.7. The van der Waals surface area contributed by atoms with Crippen molar-refractivity contribution < 1.29 is 14.6 Å². The SMILES string of the molecule is O=C(O)CCCN1CCCC1COc1ccc(Cc2ccc(Cl)cc2)cc1. The number of nitrogens with zero attached hydrogens (tertiary/aromatic N) is 1. The molecule has 2 aromatic carbocycles. The lowest BCUT2D eigenvalue weighted by molar-refractivity contribution is -0.137. The number of benzene rings is 2. The van der Waals surface area contributed by atoms with Crippen molar-refractivity contribution in [3.8, 4) is 5.75 Å². The van der Waals surface area contributed by atoms with Gasteiger partial charge in [0.05, 0.1) is 0 Å². The summed E-state index contributed by atoms with van der Waals surface area (Å²) in [7, 11) is 0. The Morgan fingerprint density at radius 2 is 1.78 bits per heavy atom. The summed E-state index contributed by atoms with van der Waals surface area (Å²) in [5.41, 5.74) is 2.47. The van der Waals surface area contributed by atoms with Crippen molar-refractivity contribution in [1.29, 1.82) is 0 Å². The van der Waals surface area contributed by atoms with Crippen molar-refractivity contribution in [2.24, 2.45) is 0 Å². The molecule has 27 heavy (non-hydrogen) atoms. The van der Waals surface area contributed by atoms with E-state index in [0.29, 0.717) is 19.1 Å². The number of aliphatic carboxylic acids is 1. The summed E-state index contributed by atoms with van der Waals surface area (Å²) in [5.74, 6) is 0.160. The highest BCUT2D eigenvalue weighted by Gasteiger charge is 2.24. The van der Waals surface area contributed by atoms with Crippen LogP contribution in [0.15, 0.2) is 48.5 Å². The molecule has 0 saturated carbocycles. The number of carboxylic acids is 1. The topological polar surface area (TPSA) is 49.8 Å². The number of ether oxygens (including phenoxy) is 1. The Balaban J connectivity index is 1.46. The zero-order chi connectivity index (χ0) is 19.1. The molecule has 1 N–H and O–H groups in total. The second kappa shape index (κ2) is 9.77. The van der Waals surface area contributed by atoms with Crippen LogP contribution in [0, 0.1) is 0 Å². The summed E-state index contributed by atoms with van der Waals surface area (Å²) >= 11 is 5.93. The fraction of sp³-hybridized carbons (Fsp3) is 0.409. The molecule has 2 aromatic rings. The van der Waals surface area contributed by atoms with Crippen LogP contribution in [-0.4, -0.2) is 41.7 Å². The van der Waals surface area contributed by atoms with Crippen LogP contribution in [0.5, 0.6) is 5.75 Å². The average molecular weight is 388 g/mol. The second-order valence-electron chi connectivity index (χ2n) is 7.09. The van der Waals surface area contributed by atoms with Crippen molar-refractivity contribution in [3.05, 3.63) is 64.7 Å². The lowest BCUT2D eigenvalue weighted by Gasteiger charge is -2.24. The summed E-state index contributed by atoms with van der Waals surface area (Å²) in [6.07, 6.45) is 4.07. The molecule has 1 atom stereocenters.